The third-order valence-corrected chi connectivity index (χ3v) is 2.51. The first-order valence-corrected chi connectivity index (χ1v) is 5.92. The van der Waals surface area contributed by atoms with E-state index in [1.807, 2.05) is 19.2 Å². The van der Waals surface area contributed by atoms with E-state index in [1.165, 1.54) is 5.56 Å². The quantitative estimate of drug-likeness (QED) is 0.762. The summed E-state index contributed by atoms with van der Waals surface area (Å²) in [5, 5.41) is 3.43. The Morgan fingerprint density at radius 3 is 2.82 bits per heavy atom. The molecule has 0 aliphatic carbocycles. The zero-order valence-electron chi connectivity index (χ0n) is 10.8. The molecule has 0 saturated heterocycles. The Kier molecular flexibility index (Phi) is 6.13. The van der Waals surface area contributed by atoms with E-state index in [0.29, 0.717) is 11.9 Å². The molecule has 0 aromatic carbocycles. The van der Waals surface area contributed by atoms with Gasteiger partial charge in [0.05, 0.1) is 7.11 Å². The first-order chi connectivity index (χ1) is 8.30. The van der Waals surface area contributed by atoms with E-state index in [0.717, 1.165) is 19.4 Å². The van der Waals surface area contributed by atoms with Crippen molar-refractivity contribution >= 4 is 0 Å². The molecule has 3 nitrogen and oxygen atoms in total. The Morgan fingerprint density at radius 2 is 2.29 bits per heavy atom. The number of hydrogen-bond acceptors (Lipinski definition) is 3. The number of hydrogen-bond donors (Lipinski definition) is 1. The van der Waals surface area contributed by atoms with Crippen molar-refractivity contribution in [2.75, 3.05) is 13.7 Å². The van der Waals surface area contributed by atoms with Crippen LogP contribution in [0.25, 0.3) is 0 Å². The molecular weight excluding hydrogens is 212 g/mol. The summed E-state index contributed by atoms with van der Waals surface area (Å²) in [7, 11) is 1.63. The van der Waals surface area contributed by atoms with E-state index in [1.54, 1.807) is 7.11 Å². The lowest BCUT2D eigenvalue weighted by atomic mass is 10.1. The number of aromatic nitrogens is 1. The van der Waals surface area contributed by atoms with Crippen LogP contribution >= 0.6 is 0 Å². The third-order valence-electron chi connectivity index (χ3n) is 2.51. The Balaban J connectivity index is 2.59. The monoisotopic (exact) mass is 232 g/mol. The van der Waals surface area contributed by atoms with Gasteiger partial charge in [-0.05, 0) is 25.5 Å². The Bertz CT molecular complexity index is 375. The molecule has 1 aromatic heterocycles. The van der Waals surface area contributed by atoms with E-state index < -0.39 is 0 Å². The molecule has 1 unspecified atom stereocenters. The zero-order valence-corrected chi connectivity index (χ0v) is 10.8. The lowest BCUT2D eigenvalue weighted by Crippen LogP contribution is -2.30. The topological polar surface area (TPSA) is 34.1 Å². The van der Waals surface area contributed by atoms with Crippen LogP contribution in [0, 0.1) is 11.8 Å². The zero-order chi connectivity index (χ0) is 12.5. The number of likely N-dealkylation sites (N-methyl/N-ethyl adjacent to an activating group) is 1. The number of rotatable bonds is 6. The first-order valence-electron chi connectivity index (χ1n) is 5.92. The molecule has 1 heterocycles. The summed E-state index contributed by atoms with van der Waals surface area (Å²) in [4.78, 5) is 4.20. The second kappa shape index (κ2) is 7.70. The molecule has 3 heteroatoms. The van der Waals surface area contributed by atoms with Crippen molar-refractivity contribution in [1.82, 2.24) is 10.3 Å². The van der Waals surface area contributed by atoms with Gasteiger partial charge in [0.25, 0.3) is 0 Å². The van der Waals surface area contributed by atoms with Gasteiger partial charge in [-0.15, -0.1) is 11.8 Å². The molecular formula is C14H20N2O. The molecule has 17 heavy (non-hydrogen) atoms. The highest BCUT2D eigenvalue weighted by molar-refractivity contribution is 5.19. The highest BCUT2D eigenvalue weighted by Gasteiger charge is 2.07. The summed E-state index contributed by atoms with van der Waals surface area (Å²) < 4.78 is 5.04. The van der Waals surface area contributed by atoms with Gasteiger partial charge in [0, 0.05) is 24.7 Å². The van der Waals surface area contributed by atoms with Crippen LogP contribution in [0.1, 0.15) is 25.8 Å². The third kappa shape index (κ3) is 4.88. The second-order valence-electron chi connectivity index (χ2n) is 3.80. The van der Waals surface area contributed by atoms with E-state index in [-0.39, 0.29) is 0 Å². The molecule has 0 spiro atoms. The van der Waals surface area contributed by atoms with E-state index >= 15 is 0 Å². The largest absolute Gasteiger partial charge is 0.481 e. The predicted molar refractivity (Wildman–Crippen MR) is 70.0 cm³/mol. The van der Waals surface area contributed by atoms with Gasteiger partial charge >= 0.3 is 0 Å². The van der Waals surface area contributed by atoms with Crippen LogP contribution in [-0.2, 0) is 6.42 Å². The summed E-state index contributed by atoms with van der Waals surface area (Å²) in [6.45, 7) is 4.94. The summed E-state index contributed by atoms with van der Waals surface area (Å²) in [6.07, 6.45) is 3.68. The summed E-state index contributed by atoms with van der Waals surface area (Å²) in [6, 6.07) is 4.34. The van der Waals surface area contributed by atoms with Crippen molar-refractivity contribution < 1.29 is 4.74 Å². The maximum Gasteiger partial charge on any atom is 0.212 e. The molecule has 1 aromatic rings. The average Bonchev–Trinajstić information content (AvgIpc) is 2.37. The van der Waals surface area contributed by atoms with E-state index in [2.05, 4.69) is 35.1 Å². The first kappa shape index (κ1) is 13.5. The fraction of sp³-hybridized carbons (Fsp3) is 0.500. The molecule has 92 valence electrons. The van der Waals surface area contributed by atoms with Gasteiger partial charge in [0.2, 0.25) is 5.88 Å². The highest BCUT2D eigenvalue weighted by Crippen LogP contribution is 2.09. The lowest BCUT2D eigenvalue weighted by Gasteiger charge is -2.15. The van der Waals surface area contributed by atoms with Crippen molar-refractivity contribution in [3.8, 4) is 17.7 Å². The normalized spacial score (nSPS) is 11.5. The summed E-state index contributed by atoms with van der Waals surface area (Å²) >= 11 is 0. The van der Waals surface area contributed by atoms with Crippen LogP contribution in [0.2, 0.25) is 0 Å². The predicted octanol–water partition coefficient (Wildman–Crippen LogP) is 2.02. The number of nitrogens with one attached hydrogen (secondary N) is 1. The second-order valence-corrected chi connectivity index (χ2v) is 3.80. The highest BCUT2D eigenvalue weighted by atomic mass is 16.5. The van der Waals surface area contributed by atoms with Gasteiger partial charge < -0.3 is 10.1 Å². The van der Waals surface area contributed by atoms with Crippen molar-refractivity contribution in [2.24, 2.45) is 0 Å². The summed E-state index contributed by atoms with van der Waals surface area (Å²) in [5.74, 6) is 6.71. The van der Waals surface area contributed by atoms with Crippen LogP contribution in [0.15, 0.2) is 18.3 Å². The van der Waals surface area contributed by atoms with Crippen molar-refractivity contribution in [3.63, 3.8) is 0 Å². The molecule has 0 saturated carbocycles. The standard InChI is InChI=1S/C14H20N2O/c1-4-6-7-13(15-5-2)10-12-8-9-14(17-3)16-11-12/h8-9,11,13,15H,5,7,10H2,1-3H3. The van der Waals surface area contributed by atoms with E-state index in [4.69, 9.17) is 4.74 Å². The van der Waals surface area contributed by atoms with Crippen molar-refractivity contribution in [3.05, 3.63) is 23.9 Å². The van der Waals surface area contributed by atoms with Gasteiger partial charge in [-0.2, -0.15) is 0 Å². The molecule has 1 rings (SSSR count). The Labute approximate surface area is 104 Å². The number of methoxy groups -OCH3 is 1. The number of nitrogens with zero attached hydrogens (tertiary/aromatic N) is 1. The van der Waals surface area contributed by atoms with Crippen LogP contribution in [0.4, 0.5) is 0 Å². The molecule has 1 N–H and O–H groups in total. The fourth-order valence-electron chi connectivity index (χ4n) is 1.67. The summed E-state index contributed by atoms with van der Waals surface area (Å²) in [5.41, 5.74) is 1.20. The molecule has 0 amide bonds. The fourth-order valence-corrected chi connectivity index (χ4v) is 1.67. The van der Waals surface area contributed by atoms with Gasteiger partial charge in [0.15, 0.2) is 0 Å². The van der Waals surface area contributed by atoms with Gasteiger partial charge in [0.1, 0.15) is 0 Å². The number of pyridine rings is 1. The van der Waals surface area contributed by atoms with Crippen LogP contribution in [0.5, 0.6) is 5.88 Å². The molecule has 0 aliphatic rings. The molecule has 0 bridgehead atoms. The number of ether oxygens (including phenoxy) is 1. The Morgan fingerprint density at radius 1 is 1.47 bits per heavy atom. The minimum atomic E-state index is 0.391. The average molecular weight is 232 g/mol. The maximum absolute atomic E-state index is 5.04. The molecule has 1 atom stereocenters. The smallest absolute Gasteiger partial charge is 0.212 e. The van der Waals surface area contributed by atoms with Crippen molar-refractivity contribution in [2.45, 2.75) is 32.7 Å². The van der Waals surface area contributed by atoms with Crippen LogP contribution in [-0.4, -0.2) is 24.7 Å². The molecule has 0 aliphatic heterocycles. The molecule has 0 fully saturated rings. The maximum atomic E-state index is 5.04. The minimum Gasteiger partial charge on any atom is -0.481 e. The van der Waals surface area contributed by atoms with Crippen molar-refractivity contribution in [1.29, 1.82) is 0 Å². The van der Waals surface area contributed by atoms with Gasteiger partial charge in [-0.25, -0.2) is 4.98 Å². The van der Waals surface area contributed by atoms with Crippen LogP contribution < -0.4 is 10.1 Å². The van der Waals surface area contributed by atoms with Gasteiger partial charge in [-0.3, -0.25) is 0 Å². The molecule has 0 radical (unpaired) electrons. The van der Waals surface area contributed by atoms with Gasteiger partial charge in [-0.1, -0.05) is 13.0 Å². The SMILES string of the molecule is CC#CCC(Cc1ccc(OC)nc1)NCC. The minimum absolute atomic E-state index is 0.391. The Hall–Kier alpha value is -1.53. The lowest BCUT2D eigenvalue weighted by molar-refractivity contribution is 0.397. The van der Waals surface area contributed by atoms with Crippen LogP contribution in [0.3, 0.4) is 0 Å². The van der Waals surface area contributed by atoms with E-state index in [9.17, 15) is 0 Å².